The van der Waals surface area contributed by atoms with Crippen molar-refractivity contribution in [3.05, 3.63) is 34.0 Å². The summed E-state index contributed by atoms with van der Waals surface area (Å²) in [7, 11) is 0. The molecule has 0 aromatic carbocycles. The summed E-state index contributed by atoms with van der Waals surface area (Å²) in [6.45, 7) is 5.52. The molecule has 29 heavy (non-hydrogen) atoms. The van der Waals surface area contributed by atoms with Crippen LogP contribution in [0, 0.1) is 0 Å². The highest BCUT2D eigenvalue weighted by Gasteiger charge is 2.34. The Labute approximate surface area is 195 Å². The van der Waals surface area contributed by atoms with Crippen molar-refractivity contribution in [2.45, 2.75) is 76.8 Å². The molecule has 2 N–H and O–H groups in total. The third-order valence-electron chi connectivity index (χ3n) is 6.11. The summed E-state index contributed by atoms with van der Waals surface area (Å²) in [6.07, 6.45) is 9.99. The van der Waals surface area contributed by atoms with E-state index in [-0.39, 0.29) is 29.4 Å². The number of nitrogens with zero attached hydrogens (tertiary/aromatic N) is 4. The van der Waals surface area contributed by atoms with Crippen LogP contribution in [0.15, 0.2) is 22.5 Å². The molecule has 1 fully saturated rings. The molecule has 8 heteroatoms. The van der Waals surface area contributed by atoms with Gasteiger partial charge in [-0.15, -0.1) is 45.5 Å². The molecule has 0 spiro atoms. The number of aryl methyl sites for hydroxylation is 1. The average Bonchev–Trinajstić information content (AvgIpc) is 3.41. The van der Waals surface area contributed by atoms with Crippen LogP contribution in [0.1, 0.15) is 68.4 Å². The SMILES string of the molecule is CCNC(=NCc1nnc2n1CCCC2)NCC1(c2cccs2)CCCCC1.I. The van der Waals surface area contributed by atoms with E-state index in [4.69, 9.17) is 4.99 Å². The number of hydrogen-bond acceptors (Lipinski definition) is 4. The van der Waals surface area contributed by atoms with Crippen molar-refractivity contribution < 1.29 is 0 Å². The van der Waals surface area contributed by atoms with Gasteiger partial charge in [-0.25, -0.2) is 4.99 Å². The largest absolute Gasteiger partial charge is 0.357 e. The maximum Gasteiger partial charge on any atom is 0.191 e. The molecule has 0 saturated heterocycles. The molecule has 0 amide bonds. The van der Waals surface area contributed by atoms with E-state index in [1.807, 2.05) is 11.3 Å². The molecular formula is C21H33IN6S. The van der Waals surface area contributed by atoms with Gasteiger partial charge in [-0.2, -0.15) is 0 Å². The smallest absolute Gasteiger partial charge is 0.191 e. The molecule has 0 bridgehead atoms. The van der Waals surface area contributed by atoms with Gasteiger partial charge in [0.05, 0.1) is 0 Å². The monoisotopic (exact) mass is 528 g/mol. The zero-order valence-corrected chi connectivity index (χ0v) is 20.5. The van der Waals surface area contributed by atoms with Gasteiger partial charge < -0.3 is 15.2 Å². The molecule has 0 unspecified atom stereocenters. The molecule has 0 radical (unpaired) electrons. The number of nitrogens with one attached hydrogen (secondary N) is 2. The molecule has 2 aromatic heterocycles. The first-order valence-corrected chi connectivity index (χ1v) is 11.7. The second kappa shape index (κ2) is 10.7. The standard InChI is InChI=1S/C21H32N6S.HI/c1-2-22-20(23-15-19-26-25-18-10-4-7-13-27(18)19)24-16-21(11-5-3-6-12-21)17-9-8-14-28-17;/h8-9,14H,2-7,10-13,15-16H2,1H3,(H2,22,23,24);1H. The van der Waals surface area contributed by atoms with Crippen molar-refractivity contribution in [2.75, 3.05) is 13.1 Å². The van der Waals surface area contributed by atoms with Gasteiger partial charge in [-0.1, -0.05) is 25.3 Å². The minimum absolute atomic E-state index is 0. The number of aliphatic imine (C=N–C) groups is 1. The average molecular weight is 529 g/mol. The molecule has 1 aliphatic carbocycles. The van der Waals surface area contributed by atoms with Gasteiger partial charge in [-0.3, -0.25) is 0 Å². The predicted octanol–water partition coefficient (Wildman–Crippen LogP) is 4.25. The van der Waals surface area contributed by atoms with Crippen molar-refractivity contribution >= 4 is 41.3 Å². The zero-order chi connectivity index (χ0) is 19.2. The summed E-state index contributed by atoms with van der Waals surface area (Å²) in [4.78, 5) is 6.35. The number of aromatic nitrogens is 3. The Kier molecular flexibility index (Phi) is 8.35. The van der Waals surface area contributed by atoms with Crippen LogP contribution in [-0.2, 0) is 24.9 Å². The third kappa shape index (κ3) is 5.31. The zero-order valence-electron chi connectivity index (χ0n) is 17.3. The molecule has 2 aromatic rings. The van der Waals surface area contributed by atoms with Crippen molar-refractivity contribution in [1.29, 1.82) is 0 Å². The second-order valence-corrected chi connectivity index (χ2v) is 8.96. The van der Waals surface area contributed by atoms with E-state index in [9.17, 15) is 0 Å². The summed E-state index contributed by atoms with van der Waals surface area (Å²) < 4.78 is 2.25. The normalized spacial score (nSPS) is 18.6. The lowest BCUT2D eigenvalue weighted by molar-refractivity contribution is 0.296. The number of halogens is 1. The fourth-order valence-corrected chi connectivity index (χ4v) is 5.54. The summed E-state index contributed by atoms with van der Waals surface area (Å²) in [5.41, 5.74) is 0.247. The molecule has 0 atom stereocenters. The van der Waals surface area contributed by atoms with Gasteiger partial charge in [-0.05, 0) is 44.1 Å². The van der Waals surface area contributed by atoms with E-state index in [0.717, 1.165) is 43.7 Å². The van der Waals surface area contributed by atoms with E-state index in [1.165, 1.54) is 49.8 Å². The predicted molar refractivity (Wildman–Crippen MR) is 130 cm³/mol. The van der Waals surface area contributed by atoms with Crippen LogP contribution in [0.3, 0.4) is 0 Å². The van der Waals surface area contributed by atoms with Crippen LogP contribution >= 0.6 is 35.3 Å². The van der Waals surface area contributed by atoms with Crippen molar-refractivity contribution in [1.82, 2.24) is 25.4 Å². The number of guanidine groups is 1. The molecular weight excluding hydrogens is 495 g/mol. The van der Waals surface area contributed by atoms with Crippen LogP contribution < -0.4 is 10.6 Å². The molecule has 160 valence electrons. The van der Waals surface area contributed by atoms with E-state index < -0.39 is 0 Å². The molecule has 4 rings (SSSR count). The minimum Gasteiger partial charge on any atom is -0.357 e. The van der Waals surface area contributed by atoms with Gasteiger partial charge in [0.25, 0.3) is 0 Å². The topological polar surface area (TPSA) is 67.1 Å². The molecule has 1 saturated carbocycles. The highest BCUT2D eigenvalue weighted by Crippen LogP contribution is 2.41. The Balaban J connectivity index is 0.00000240. The molecule has 6 nitrogen and oxygen atoms in total. The van der Waals surface area contributed by atoms with Gasteiger partial charge in [0.15, 0.2) is 11.8 Å². The van der Waals surface area contributed by atoms with Crippen molar-refractivity contribution in [3.8, 4) is 0 Å². The quantitative estimate of drug-likeness (QED) is 0.334. The Morgan fingerprint density at radius 1 is 1.17 bits per heavy atom. The van der Waals surface area contributed by atoms with E-state index in [2.05, 4.69) is 49.8 Å². The fraction of sp³-hybridized carbons (Fsp3) is 0.667. The first-order valence-electron chi connectivity index (χ1n) is 10.8. The highest BCUT2D eigenvalue weighted by molar-refractivity contribution is 14.0. The van der Waals surface area contributed by atoms with Crippen molar-refractivity contribution in [3.63, 3.8) is 0 Å². The van der Waals surface area contributed by atoms with Crippen LogP contribution in [0.2, 0.25) is 0 Å². The van der Waals surface area contributed by atoms with Gasteiger partial charge in [0.2, 0.25) is 0 Å². The molecule has 1 aliphatic heterocycles. The van der Waals surface area contributed by atoms with Crippen LogP contribution in [-0.4, -0.2) is 33.8 Å². The Morgan fingerprint density at radius 2 is 2.03 bits per heavy atom. The van der Waals surface area contributed by atoms with Crippen LogP contribution in [0.25, 0.3) is 0 Å². The lowest BCUT2D eigenvalue weighted by Gasteiger charge is -2.37. The summed E-state index contributed by atoms with van der Waals surface area (Å²) in [5, 5.41) is 18.0. The fourth-order valence-electron chi connectivity index (χ4n) is 4.55. The first-order chi connectivity index (χ1) is 13.8. The molecule has 2 aliphatic rings. The number of hydrogen-bond donors (Lipinski definition) is 2. The third-order valence-corrected chi connectivity index (χ3v) is 7.22. The van der Waals surface area contributed by atoms with Crippen molar-refractivity contribution in [2.24, 2.45) is 4.99 Å². The number of rotatable bonds is 6. The summed E-state index contributed by atoms with van der Waals surface area (Å²) in [5.74, 6) is 2.99. The maximum absolute atomic E-state index is 4.84. The maximum atomic E-state index is 4.84. The summed E-state index contributed by atoms with van der Waals surface area (Å²) >= 11 is 1.90. The minimum atomic E-state index is 0. The molecule has 3 heterocycles. The van der Waals surface area contributed by atoms with Gasteiger partial charge in [0, 0.05) is 36.3 Å². The van der Waals surface area contributed by atoms with E-state index >= 15 is 0 Å². The Morgan fingerprint density at radius 3 is 2.79 bits per heavy atom. The van der Waals surface area contributed by atoms with Crippen LogP contribution in [0.4, 0.5) is 0 Å². The summed E-state index contributed by atoms with van der Waals surface area (Å²) in [6, 6.07) is 4.49. The Bertz CT molecular complexity index is 779. The number of fused-ring (bicyclic) bond motifs is 1. The van der Waals surface area contributed by atoms with Gasteiger partial charge in [0.1, 0.15) is 12.4 Å². The van der Waals surface area contributed by atoms with Gasteiger partial charge >= 0.3 is 0 Å². The number of thiophene rings is 1. The Hall–Kier alpha value is -1.16. The lowest BCUT2D eigenvalue weighted by atomic mass is 9.73. The van der Waals surface area contributed by atoms with Crippen LogP contribution in [0.5, 0.6) is 0 Å². The second-order valence-electron chi connectivity index (χ2n) is 8.01. The first kappa shape index (κ1) is 22.5. The van der Waals surface area contributed by atoms with E-state index in [1.54, 1.807) is 0 Å². The lowest BCUT2D eigenvalue weighted by Crippen LogP contribution is -2.46. The highest BCUT2D eigenvalue weighted by atomic mass is 127. The van der Waals surface area contributed by atoms with E-state index in [0.29, 0.717) is 6.54 Å².